The highest BCUT2D eigenvalue weighted by Gasteiger charge is 2.16. The van der Waals surface area contributed by atoms with E-state index in [2.05, 4.69) is 29.4 Å². The van der Waals surface area contributed by atoms with Gasteiger partial charge in [-0.25, -0.2) is 0 Å². The van der Waals surface area contributed by atoms with E-state index in [9.17, 15) is 4.79 Å². The molecule has 0 atom stereocenters. The molecule has 0 saturated carbocycles. The molecule has 0 aliphatic carbocycles. The zero-order chi connectivity index (χ0) is 17.1. The third kappa shape index (κ3) is 3.30. The molecule has 1 aliphatic heterocycles. The number of ether oxygens (including phenoxy) is 2. The minimum Gasteiger partial charge on any atom is -0.493 e. The largest absolute Gasteiger partial charge is 0.493 e. The van der Waals surface area contributed by atoms with Gasteiger partial charge in [-0.2, -0.15) is 0 Å². The van der Waals surface area contributed by atoms with Crippen LogP contribution in [-0.2, 0) is 17.6 Å². The van der Waals surface area contributed by atoms with E-state index in [0.29, 0.717) is 11.5 Å². The first-order chi connectivity index (χ1) is 11.6. The normalized spacial score (nSPS) is 12.7. The van der Waals surface area contributed by atoms with E-state index >= 15 is 0 Å². The number of likely N-dealkylation sites (N-methyl/N-ethyl adjacent to an activating group) is 1. The van der Waals surface area contributed by atoms with Crippen molar-refractivity contribution < 1.29 is 14.3 Å². The van der Waals surface area contributed by atoms with Gasteiger partial charge < -0.3 is 19.7 Å². The van der Waals surface area contributed by atoms with Crippen LogP contribution in [0.25, 0.3) is 0 Å². The Kier molecular flexibility index (Phi) is 4.60. The SMILES string of the molecule is COc1ccc(CC(=O)Nc2ccc3c(c2)CCN3C)cc1OC. The molecule has 2 aromatic carbocycles. The molecule has 2 aromatic rings. The zero-order valence-corrected chi connectivity index (χ0v) is 14.3. The van der Waals surface area contributed by atoms with Crippen LogP contribution in [-0.4, -0.2) is 33.7 Å². The maximum Gasteiger partial charge on any atom is 0.228 e. The summed E-state index contributed by atoms with van der Waals surface area (Å²) in [7, 11) is 5.26. The van der Waals surface area contributed by atoms with Crippen molar-refractivity contribution in [3.8, 4) is 11.5 Å². The molecule has 1 N–H and O–H groups in total. The number of carbonyl (C=O) groups excluding carboxylic acids is 1. The van der Waals surface area contributed by atoms with E-state index < -0.39 is 0 Å². The molecule has 3 rings (SSSR count). The summed E-state index contributed by atoms with van der Waals surface area (Å²) in [4.78, 5) is 14.5. The molecule has 5 nitrogen and oxygen atoms in total. The van der Waals surface area contributed by atoms with Crippen LogP contribution < -0.4 is 19.7 Å². The minimum atomic E-state index is -0.0477. The second-order valence-corrected chi connectivity index (χ2v) is 5.93. The molecular formula is C19H22N2O3. The van der Waals surface area contributed by atoms with E-state index in [1.165, 1.54) is 11.3 Å². The molecule has 1 aliphatic rings. The van der Waals surface area contributed by atoms with Crippen molar-refractivity contribution in [2.45, 2.75) is 12.8 Å². The van der Waals surface area contributed by atoms with Crippen LogP contribution in [0.2, 0.25) is 0 Å². The number of nitrogens with zero attached hydrogens (tertiary/aromatic N) is 1. The predicted octanol–water partition coefficient (Wildman–Crippen LogP) is 2.88. The van der Waals surface area contributed by atoms with Crippen molar-refractivity contribution in [1.82, 2.24) is 0 Å². The summed E-state index contributed by atoms with van der Waals surface area (Å²) >= 11 is 0. The number of anilines is 2. The summed E-state index contributed by atoms with van der Waals surface area (Å²) in [6.07, 6.45) is 1.31. The maximum atomic E-state index is 12.3. The van der Waals surface area contributed by atoms with Crippen LogP contribution >= 0.6 is 0 Å². The fourth-order valence-corrected chi connectivity index (χ4v) is 3.03. The smallest absolute Gasteiger partial charge is 0.228 e. The Morgan fingerprint density at radius 3 is 2.67 bits per heavy atom. The molecular weight excluding hydrogens is 304 g/mol. The Morgan fingerprint density at radius 1 is 1.12 bits per heavy atom. The van der Waals surface area contributed by atoms with E-state index in [4.69, 9.17) is 9.47 Å². The summed E-state index contributed by atoms with van der Waals surface area (Å²) in [6, 6.07) is 11.6. The third-order valence-electron chi connectivity index (χ3n) is 4.30. The van der Waals surface area contributed by atoms with Crippen LogP contribution in [0.15, 0.2) is 36.4 Å². The lowest BCUT2D eigenvalue weighted by Gasteiger charge is -2.13. The lowest BCUT2D eigenvalue weighted by atomic mass is 10.1. The van der Waals surface area contributed by atoms with Gasteiger partial charge in [-0.3, -0.25) is 4.79 Å². The molecule has 0 saturated heterocycles. The van der Waals surface area contributed by atoms with Gasteiger partial charge in [0, 0.05) is 25.0 Å². The second-order valence-electron chi connectivity index (χ2n) is 5.93. The lowest BCUT2D eigenvalue weighted by molar-refractivity contribution is -0.115. The fraction of sp³-hybridized carbons (Fsp3) is 0.316. The molecule has 0 spiro atoms. The molecule has 24 heavy (non-hydrogen) atoms. The van der Waals surface area contributed by atoms with Crippen molar-refractivity contribution in [1.29, 1.82) is 0 Å². The van der Waals surface area contributed by atoms with Gasteiger partial charge in [0.25, 0.3) is 0 Å². The highest BCUT2D eigenvalue weighted by Crippen LogP contribution is 2.30. The first-order valence-electron chi connectivity index (χ1n) is 7.95. The van der Waals surface area contributed by atoms with Gasteiger partial charge in [-0.1, -0.05) is 6.07 Å². The highest BCUT2D eigenvalue weighted by molar-refractivity contribution is 5.92. The van der Waals surface area contributed by atoms with Gasteiger partial charge in [0.2, 0.25) is 5.91 Å². The topological polar surface area (TPSA) is 50.8 Å². The average Bonchev–Trinajstić information content (AvgIpc) is 2.95. The van der Waals surface area contributed by atoms with E-state index in [1.54, 1.807) is 14.2 Å². The van der Waals surface area contributed by atoms with Crippen molar-refractivity contribution in [3.63, 3.8) is 0 Å². The van der Waals surface area contributed by atoms with Gasteiger partial charge in [-0.15, -0.1) is 0 Å². The summed E-state index contributed by atoms with van der Waals surface area (Å²) in [5.41, 5.74) is 4.25. The number of nitrogens with one attached hydrogen (secondary N) is 1. The van der Waals surface area contributed by atoms with Crippen molar-refractivity contribution in [2.24, 2.45) is 0 Å². The Hall–Kier alpha value is -2.69. The second kappa shape index (κ2) is 6.83. The molecule has 0 radical (unpaired) electrons. The zero-order valence-electron chi connectivity index (χ0n) is 14.3. The number of benzene rings is 2. The van der Waals surface area contributed by atoms with Gasteiger partial charge >= 0.3 is 0 Å². The molecule has 1 heterocycles. The molecule has 126 valence electrons. The van der Waals surface area contributed by atoms with Crippen molar-refractivity contribution in [2.75, 3.05) is 38.0 Å². The minimum absolute atomic E-state index is 0.0477. The molecule has 0 bridgehead atoms. The molecule has 0 aromatic heterocycles. The number of methoxy groups -OCH3 is 2. The number of rotatable bonds is 5. The average molecular weight is 326 g/mol. The molecule has 0 fully saturated rings. The summed E-state index contributed by atoms with van der Waals surface area (Å²) in [5.74, 6) is 1.24. The van der Waals surface area contributed by atoms with E-state index in [0.717, 1.165) is 24.2 Å². The monoisotopic (exact) mass is 326 g/mol. The van der Waals surface area contributed by atoms with Crippen molar-refractivity contribution >= 4 is 17.3 Å². The van der Waals surface area contributed by atoms with Gasteiger partial charge in [0.15, 0.2) is 11.5 Å². The van der Waals surface area contributed by atoms with Crippen LogP contribution in [0, 0.1) is 0 Å². The van der Waals surface area contributed by atoms with E-state index in [-0.39, 0.29) is 12.3 Å². The first kappa shape index (κ1) is 16.2. The van der Waals surface area contributed by atoms with Gasteiger partial charge in [0.05, 0.1) is 20.6 Å². The summed E-state index contributed by atoms with van der Waals surface area (Å²) < 4.78 is 10.5. The maximum absolute atomic E-state index is 12.3. The number of hydrogen-bond donors (Lipinski definition) is 1. The predicted molar refractivity (Wildman–Crippen MR) is 95.3 cm³/mol. The Labute approximate surface area is 142 Å². The number of carbonyl (C=O) groups is 1. The molecule has 1 amide bonds. The molecule has 5 heteroatoms. The van der Waals surface area contributed by atoms with Crippen LogP contribution in [0.5, 0.6) is 11.5 Å². The first-order valence-corrected chi connectivity index (χ1v) is 7.95. The Bertz CT molecular complexity index is 743. The Balaban J connectivity index is 1.68. The van der Waals surface area contributed by atoms with E-state index in [1.807, 2.05) is 24.3 Å². The summed E-state index contributed by atoms with van der Waals surface area (Å²) in [5, 5.41) is 2.97. The quantitative estimate of drug-likeness (QED) is 0.918. The summed E-state index contributed by atoms with van der Waals surface area (Å²) in [6.45, 7) is 1.03. The van der Waals surface area contributed by atoms with Crippen LogP contribution in [0.3, 0.4) is 0 Å². The fourth-order valence-electron chi connectivity index (χ4n) is 3.03. The number of fused-ring (bicyclic) bond motifs is 1. The molecule has 0 unspecified atom stereocenters. The number of hydrogen-bond acceptors (Lipinski definition) is 4. The van der Waals surface area contributed by atoms with Gasteiger partial charge in [-0.05, 0) is 47.9 Å². The van der Waals surface area contributed by atoms with Crippen molar-refractivity contribution in [3.05, 3.63) is 47.5 Å². The Morgan fingerprint density at radius 2 is 1.92 bits per heavy atom. The number of amides is 1. The lowest BCUT2D eigenvalue weighted by Crippen LogP contribution is -2.15. The highest BCUT2D eigenvalue weighted by atomic mass is 16.5. The standard InChI is InChI=1S/C19H22N2O3/c1-21-9-8-14-12-15(5-6-16(14)21)20-19(22)11-13-4-7-17(23-2)18(10-13)24-3/h4-7,10,12H,8-9,11H2,1-3H3,(H,20,22). The third-order valence-corrected chi connectivity index (χ3v) is 4.30. The van der Waals surface area contributed by atoms with Crippen LogP contribution in [0.4, 0.5) is 11.4 Å². The van der Waals surface area contributed by atoms with Gasteiger partial charge in [0.1, 0.15) is 0 Å². The van der Waals surface area contributed by atoms with Crippen LogP contribution in [0.1, 0.15) is 11.1 Å².